The molecule has 0 spiro atoms. The van der Waals surface area contributed by atoms with E-state index < -0.39 is 0 Å². The van der Waals surface area contributed by atoms with Gasteiger partial charge in [-0.05, 0) is 66.2 Å². The van der Waals surface area contributed by atoms with Gasteiger partial charge in [-0.15, -0.1) is 0 Å². The van der Waals surface area contributed by atoms with Crippen LogP contribution >= 0.6 is 11.6 Å². The molecule has 0 amide bonds. The lowest BCUT2D eigenvalue weighted by Crippen LogP contribution is -2.32. The molecular weight excluding hydrogens is 264 g/mol. The molecule has 0 aliphatic heterocycles. The summed E-state index contributed by atoms with van der Waals surface area (Å²) in [5, 5.41) is 3.50. The minimum absolute atomic E-state index is 0.904. The quantitative estimate of drug-likeness (QED) is 0.673. The van der Waals surface area contributed by atoms with E-state index in [9.17, 15) is 0 Å². The average Bonchev–Trinajstić information content (AvgIpc) is 2.46. The summed E-state index contributed by atoms with van der Waals surface area (Å²) in [6, 6.07) is 6.26. The molecule has 0 heterocycles. The second-order valence-electron chi connectivity index (χ2n) is 5.87. The summed E-state index contributed by atoms with van der Waals surface area (Å²) in [4.78, 5) is 0. The highest BCUT2D eigenvalue weighted by atomic mass is 35.5. The van der Waals surface area contributed by atoms with E-state index in [2.05, 4.69) is 37.3 Å². The molecule has 0 radical (unpaired) electrons. The van der Waals surface area contributed by atoms with Crippen molar-refractivity contribution in [3.63, 3.8) is 0 Å². The molecule has 0 bridgehead atoms. The summed E-state index contributed by atoms with van der Waals surface area (Å²) in [6.45, 7) is 2.20. The molecule has 20 heavy (non-hydrogen) atoms. The van der Waals surface area contributed by atoms with Crippen molar-refractivity contribution in [2.75, 3.05) is 0 Å². The Balaban J connectivity index is 2.03. The maximum atomic E-state index is 6.47. The predicted molar refractivity (Wildman–Crippen MR) is 85.9 cm³/mol. The lowest BCUT2D eigenvalue weighted by Gasteiger charge is -2.29. The number of halogens is 1. The van der Waals surface area contributed by atoms with Gasteiger partial charge in [0.15, 0.2) is 0 Å². The summed E-state index contributed by atoms with van der Waals surface area (Å²) in [5.41, 5.74) is 7.54. The van der Waals surface area contributed by atoms with Crippen LogP contribution in [-0.2, 0) is 0 Å². The van der Waals surface area contributed by atoms with E-state index in [1.165, 1.54) is 27.2 Å². The van der Waals surface area contributed by atoms with Crippen LogP contribution in [0.4, 0.5) is 0 Å². The number of benzene rings is 1. The summed E-state index contributed by atoms with van der Waals surface area (Å²) in [5.74, 6) is 0. The molecule has 3 aliphatic rings. The molecule has 3 aliphatic carbocycles. The topological polar surface area (TPSA) is 0 Å². The van der Waals surface area contributed by atoms with E-state index in [0.717, 1.165) is 30.7 Å². The first-order valence-corrected chi connectivity index (χ1v) is 7.70. The highest BCUT2D eigenvalue weighted by Crippen LogP contribution is 2.41. The van der Waals surface area contributed by atoms with Gasteiger partial charge < -0.3 is 0 Å². The van der Waals surface area contributed by atoms with Gasteiger partial charge in [-0.25, -0.2) is 0 Å². The van der Waals surface area contributed by atoms with Gasteiger partial charge in [0.05, 0.1) is 0 Å². The molecule has 1 aromatic rings. The Bertz CT molecular complexity index is 816. The Morgan fingerprint density at radius 3 is 2.70 bits per heavy atom. The van der Waals surface area contributed by atoms with Crippen molar-refractivity contribution >= 4 is 23.3 Å². The molecule has 0 atom stereocenters. The normalized spacial score (nSPS) is 20.4. The van der Waals surface area contributed by atoms with Crippen LogP contribution in [0.25, 0.3) is 11.6 Å². The molecule has 0 nitrogen and oxygen atoms in total. The van der Waals surface area contributed by atoms with Crippen LogP contribution in [0.3, 0.4) is 0 Å². The first kappa shape index (κ1) is 12.2. The first-order valence-electron chi connectivity index (χ1n) is 7.32. The van der Waals surface area contributed by atoms with E-state index in [-0.39, 0.29) is 0 Å². The summed E-state index contributed by atoms with van der Waals surface area (Å²) < 4.78 is 0. The second-order valence-corrected chi connectivity index (χ2v) is 6.28. The van der Waals surface area contributed by atoms with E-state index >= 15 is 0 Å². The van der Waals surface area contributed by atoms with Crippen molar-refractivity contribution in [2.24, 2.45) is 0 Å². The summed E-state index contributed by atoms with van der Waals surface area (Å²) in [6.07, 6.45) is 11.5. The van der Waals surface area contributed by atoms with Gasteiger partial charge in [0.1, 0.15) is 0 Å². The molecule has 0 saturated carbocycles. The maximum absolute atomic E-state index is 6.47. The van der Waals surface area contributed by atoms with Gasteiger partial charge in [0.2, 0.25) is 0 Å². The van der Waals surface area contributed by atoms with Crippen LogP contribution in [0.5, 0.6) is 0 Å². The number of rotatable bonds is 0. The minimum Gasteiger partial charge on any atom is -0.0837 e. The van der Waals surface area contributed by atoms with E-state index in [0.29, 0.717) is 0 Å². The Morgan fingerprint density at radius 1 is 0.950 bits per heavy atom. The number of fused-ring (bicyclic) bond motifs is 3. The summed E-state index contributed by atoms with van der Waals surface area (Å²) in [7, 11) is 0. The van der Waals surface area contributed by atoms with Gasteiger partial charge in [-0.1, -0.05) is 47.5 Å². The number of hydrogen-bond acceptors (Lipinski definition) is 0. The van der Waals surface area contributed by atoms with E-state index in [1.54, 1.807) is 11.1 Å². The third kappa shape index (κ3) is 1.75. The minimum atomic E-state index is 0.904. The van der Waals surface area contributed by atoms with Crippen LogP contribution in [-0.4, -0.2) is 0 Å². The van der Waals surface area contributed by atoms with Gasteiger partial charge in [0, 0.05) is 10.2 Å². The molecule has 1 aromatic carbocycles. The fourth-order valence-electron chi connectivity index (χ4n) is 3.71. The lowest BCUT2D eigenvalue weighted by molar-refractivity contribution is 0.900. The zero-order valence-corrected chi connectivity index (χ0v) is 12.4. The SMILES string of the molecule is CC1=CCC2=C3CC=c4cccc(Cl)c4=C3CCC2=C1. The third-order valence-electron chi connectivity index (χ3n) is 4.66. The average molecular weight is 281 g/mol. The largest absolute Gasteiger partial charge is 0.0837 e. The number of hydrogen-bond donors (Lipinski definition) is 0. The van der Waals surface area contributed by atoms with Gasteiger partial charge in [-0.2, -0.15) is 0 Å². The summed E-state index contributed by atoms with van der Waals surface area (Å²) >= 11 is 6.47. The molecule has 0 fully saturated rings. The molecule has 100 valence electrons. The predicted octanol–water partition coefficient (Wildman–Crippen LogP) is 4.04. The fraction of sp³-hybridized carbons (Fsp3) is 0.263. The standard InChI is InChI=1S/C19H17Cl/c1-12-5-8-15-14(11-12)7-10-17-16(15)9-6-13-3-2-4-18(20)19(13)17/h2-6,11H,7-10H2,1H3. The van der Waals surface area contributed by atoms with E-state index in [4.69, 9.17) is 11.6 Å². The lowest BCUT2D eigenvalue weighted by atomic mass is 9.76. The molecule has 4 rings (SSSR count). The molecule has 0 N–H and O–H groups in total. The van der Waals surface area contributed by atoms with Crippen molar-refractivity contribution in [2.45, 2.75) is 32.6 Å². The highest BCUT2D eigenvalue weighted by molar-refractivity contribution is 6.30. The van der Waals surface area contributed by atoms with Crippen molar-refractivity contribution < 1.29 is 0 Å². The Hall–Kier alpha value is -1.53. The van der Waals surface area contributed by atoms with Gasteiger partial charge >= 0.3 is 0 Å². The van der Waals surface area contributed by atoms with Crippen LogP contribution in [0, 0.1) is 0 Å². The Morgan fingerprint density at radius 2 is 1.80 bits per heavy atom. The number of allylic oxidation sites excluding steroid dienone is 6. The van der Waals surface area contributed by atoms with Crippen LogP contribution in [0.15, 0.2) is 52.6 Å². The maximum Gasteiger partial charge on any atom is 0.0487 e. The smallest absolute Gasteiger partial charge is 0.0487 e. The molecule has 0 aromatic heterocycles. The van der Waals surface area contributed by atoms with E-state index in [1.807, 2.05) is 6.07 Å². The molecule has 0 saturated heterocycles. The Kier molecular flexibility index (Phi) is 2.75. The first-order chi connectivity index (χ1) is 9.74. The third-order valence-corrected chi connectivity index (χ3v) is 4.98. The monoisotopic (exact) mass is 280 g/mol. The van der Waals surface area contributed by atoms with Gasteiger partial charge in [-0.3, -0.25) is 0 Å². The van der Waals surface area contributed by atoms with Crippen molar-refractivity contribution in [3.05, 3.63) is 68.1 Å². The molecule has 1 heteroatoms. The Labute approximate surface area is 124 Å². The van der Waals surface area contributed by atoms with Crippen LogP contribution in [0.1, 0.15) is 32.6 Å². The zero-order valence-electron chi connectivity index (χ0n) is 11.7. The molecular formula is C19H17Cl. The zero-order chi connectivity index (χ0) is 13.7. The van der Waals surface area contributed by atoms with Crippen molar-refractivity contribution in [3.8, 4) is 0 Å². The van der Waals surface area contributed by atoms with Crippen molar-refractivity contribution in [1.29, 1.82) is 0 Å². The fourth-order valence-corrected chi connectivity index (χ4v) is 4.01. The molecule has 0 unspecified atom stereocenters. The van der Waals surface area contributed by atoms with Crippen LogP contribution in [0.2, 0.25) is 5.02 Å². The van der Waals surface area contributed by atoms with Crippen molar-refractivity contribution in [1.82, 2.24) is 0 Å². The van der Waals surface area contributed by atoms with Gasteiger partial charge in [0.25, 0.3) is 0 Å². The highest BCUT2D eigenvalue weighted by Gasteiger charge is 2.24. The van der Waals surface area contributed by atoms with Crippen LogP contribution < -0.4 is 10.4 Å². The second kappa shape index (κ2) is 4.49.